The van der Waals surface area contributed by atoms with Crippen LogP contribution in [0.15, 0.2) is 12.7 Å². The Morgan fingerprint density at radius 3 is 1.67 bits per heavy atom. The van der Waals surface area contributed by atoms with Gasteiger partial charge in [0.05, 0.1) is 0 Å². The molecule has 0 atom stereocenters. The number of hydrogen-bond acceptors (Lipinski definition) is 0. The summed E-state index contributed by atoms with van der Waals surface area (Å²) >= 11 is 9.58. The predicted octanol–water partition coefficient (Wildman–Crippen LogP) is 2.19. The van der Waals surface area contributed by atoms with Gasteiger partial charge in [-0.15, -0.1) is 28.7 Å². The fourth-order valence-corrected chi connectivity index (χ4v) is 0. The minimum absolute atomic E-state index is 0.0278. The van der Waals surface area contributed by atoms with Crippen molar-refractivity contribution in [2.45, 2.75) is 6.92 Å². The molecule has 0 aliphatic rings. The van der Waals surface area contributed by atoms with Gasteiger partial charge in [-0.3, -0.25) is 0 Å². The maximum Gasteiger partial charge on any atom is 0.295 e. The van der Waals surface area contributed by atoms with Gasteiger partial charge in [0.1, 0.15) is 0 Å². The smallest absolute Gasteiger partial charge is 0.148 e. The van der Waals surface area contributed by atoms with Crippen LogP contribution in [0.25, 0.3) is 0 Å². The lowest BCUT2D eigenvalue weighted by Crippen LogP contribution is -1.36. The summed E-state index contributed by atoms with van der Waals surface area (Å²) in [4.78, 5) is 0. The Kier molecular flexibility index (Phi) is 28.7. The second kappa shape index (κ2) is 17.7. The van der Waals surface area contributed by atoms with Crippen molar-refractivity contribution >= 4 is 30.3 Å². The molecule has 0 aromatic heterocycles. The van der Waals surface area contributed by atoms with Crippen LogP contribution in [0.4, 0.5) is 0 Å². The number of halogens is 2. The quantitative estimate of drug-likeness (QED) is 0.275. The van der Waals surface area contributed by atoms with Crippen LogP contribution in [0.5, 0.6) is 0 Å². The van der Waals surface area contributed by atoms with Gasteiger partial charge in [0.25, 0.3) is 8.14 Å². The molecule has 0 unspecified atom stereocenters. The van der Waals surface area contributed by atoms with Gasteiger partial charge in [0.2, 0.25) is 0 Å². The van der Waals surface area contributed by atoms with Gasteiger partial charge in [0, 0.05) is 0 Å². The summed E-state index contributed by atoms with van der Waals surface area (Å²) in [5.74, 6) is 0. The average molecular weight is 141 g/mol. The summed E-state index contributed by atoms with van der Waals surface area (Å²) in [6.45, 7) is 5.25. The van der Waals surface area contributed by atoms with E-state index < -0.39 is 0 Å². The van der Waals surface area contributed by atoms with Crippen molar-refractivity contribution in [1.82, 2.24) is 0 Å². The Balaban J connectivity index is 0. The highest BCUT2D eigenvalue weighted by molar-refractivity contribution is 7.22. The summed E-state index contributed by atoms with van der Waals surface area (Å²) in [5, 5.41) is 0. The fourth-order valence-electron chi connectivity index (χ4n) is 0. The van der Waals surface area contributed by atoms with E-state index in [2.05, 4.69) is 6.58 Å². The third-order valence-corrected chi connectivity index (χ3v) is 0. The minimum Gasteiger partial charge on any atom is -0.148 e. The maximum atomic E-state index is 4.79. The molecule has 0 saturated carbocycles. The number of hydrogen-bond donors (Lipinski definition) is 0. The summed E-state index contributed by atoms with van der Waals surface area (Å²) < 4.78 is 0. The van der Waals surface area contributed by atoms with Crippen molar-refractivity contribution in [2.75, 3.05) is 0 Å². The van der Waals surface area contributed by atoms with E-state index in [9.17, 15) is 0 Å². The van der Waals surface area contributed by atoms with E-state index in [1.54, 1.807) is 6.08 Å². The number of allylic oxidation sites excluding steroid dienone is 1. The number of rotatable bonds is 0. The average Bonchev–Trinajstić information content (AvgIpc) is 1.39. The first-order valence-electron chi connectivity index (χ1n) is 1.36. The molecule has 36 valence electrons. The zero-order chi connectivity index (χ0) is 5.41. The summed E-state index contributed by atoms with van der Waals surface area (Å²) in [6.07, 6.45) is 1.75. The molecule has 0 aliphatic carbocycles. The topological polar surface area (TPSA) is 0 Å². The van der Waals surface area contributed by atoms with Gasteiger partial charge in [-0.05, 0) is 6.92 Å². The predicted molar refractivity (Wildman–Crippen MR) is 33.3 cm³/mol. The van der Waals surface area contributed by atoms with Crippen LogP contribution < -0.4 is 0 Å². The first-order chi connectivity index (χ1) is 2.83. The normalized spacial score (nSPS) is 5.17. The molecule has 0 aromatic carbocycles. The molecule has 0 amide bonds. The van der Waals surface area contributed by atoms with Gasteiger partial charge >= 0.3 is 0 Å². The van der Waals surface area contributed by atoms with Crippen molar-refractivity contribution in [2.24, 2.45) is 0 Å². The lowest BCUT2D eigenvalue weighted by molar-refractivity contribution is 1.80. The van der Waals surface area contributed by atoms with Crippen molar-refractivity contribution in [3.8, 4) is 0 Å². The molecule has 0 rings (SSSR count). The van der Waals surface area contributed by atoms with Gasteiger partial charge in [-0.2, -0.15) is 0 Å². The Hall–Kier alpha value is 0.537. The van der Waals surface area contributed by atoms with E-state index in [0.717, 1.165) is 0 Å². The van der Waals surface area contributed by atoms with E-state index in [-0.39, 0.29) is 8.14 Å². The first kappa shape index (κ1) is 9.74. The molecule has 0 aromatic rings. The minimum atomic E-state index is 0.0278. The van der Waals surface area contributed by atoms with E-state index in [0.29, 0.717) is 0 Å². The maximum absolute atomic E-state index is 4.79. The second-order valence-electron chi connectivity index (χ2n) is 0.480. The Labute approximate surface area is 50.4 Å². The van der Waals surface area contributed by atoms with Gasteiger partial charge < -0.3 is 0 Å². The van der Waals surface area contributed by atoms with E-state index in [4.69, 9.17) is 22.2 Å². The third kappa shape index (κ3) is 197. The molecule has 6 heavy (non-hydrogen) atoms. The molecule has 0 aliphatic heterocycles. The van der Waals surface area contributed by atoms with Crippen molar-refractivity contribution < 1.29 is 0 Å². The third-order valence-electron chi connectivity index (χ3n) is 0. The fraction of sp³-hybridized carbons (Fsp3) is 0.333. The summed E-state index contributed by atoms with van der Waals surface area (Å²) in [7, 11) is 0.0278. The molecule has 2 radical (unpaired) electrons. The van der Waals surface area contributed by atoms with Crippen LogP contribution in [0.1, 0.15) is 6.92 Å². The first-order valence-corrected chi connectivity index (χ1v) is 4.39. The lowest BCUT2D eigenvalue weighted by Gasteiger charge is -1.36. The molecule has 0 fully saturated rings. The van der Waals surface area contributed by atoms with Crippen LogP contribution in [-0.4, -0.2) is 8.14 Å². The molecule has 3 heteroatoms. The zero-order valence-electron chi connectivity index (χ0n) is 3.54. The summed E-state index contributed by atoms with van der Waals surface area (Å²) in [6, 6.07) is 0. The Bertz CT molecular complexity index is 22.8. The van der Waals surface area contributed by atoms with Gasteiger partial charge in [-0.1, -0.05) is 6.08 Å². The van der Waals surface area contributed by atoms with Gasteiger partial charge in [-0.25, -0.2) is 0 Å². The van der Waals surface area contributed by atoms with Gasteiger partial charge in [0.15, 0.2) is 0 Å². The van der Waals surface area contributed by atoms with E-state index in [1.807, 2.05) is 6.92 Å². The zero-order valence-corrected chi connectivity index (χ0v) is 6.05. The second-order valence-corrected chi connectivity index (χ2v) is 2.34. The van der Waals surface area contributed by atoms with Crippen LogP contribution in [0.3, 0.4) is 0 Å². The molecule has 0 N–H and O–H groups in total. The largest absolute Gasteiger partial charge is 0.295 e. The van der Waals surface area contributed by atoms with Crippen molar-refractivity contribution in [3.63, 3.8) is 0 Å². The van der Waals surface area contributed by atoms with Crippen molar-refractivity contribution in [1.29, 1.82) is 0 Å². The SMILES string of the molecule is C=CC.Cl[Si]Cl. The molecule has 0 bridgehead atoms. The molecular weight excluding hydrogens is 135 g/mol. The van der Waals surface area contributed by atoms with Crippen LogP contribution in [0, 0.1) is 0 Å². The van der Waals surface area contributed by atoms with Crippen LogP contribution in [-0.2, 0) is 0 Å². The van der Waals surface area contributed by atoms with Crippen LogP contribution >= 0.6 is 22.2 Å². The molecule has 0 heterocycles. The Morgan fingerprint density at radius 1 is 1.67 bits per heavy atom. The molecule has 0 saturated heterocycles. The highest BCUT2D eigenvalue weighted by Gasteiger charge is 1.51. The van der Waals surface area contributed by atoms with Crippen molar-refractivity contribution in [3.05, 3.63) is 12.7 Å². The molecule has 0 spiro atoms. The van der Waals surface area contributed by atoms with E-state index in [1.165, 1.54) is 0 Å². The van der Waals surface area contributed by atoms with Crippen LogP contribution in [0.2, 0.25) is 0 Å². The summed E-state index contributed by atoms with van der Waals surface area (Å²) in [5.41, 5.74) is 0. The standard InChI is InChI=1S/C3H6.Cl2Si/c2*1-3-2/h3H,1H2,2H3;. The molecular formula is C3H6Cl2Si. The van der Waals surface area contributed by atoms with E-state index >= 15 is 0 Å². The molecule has 0 nitrogen and oxygen atoms in total. The monoisotopic (exact) mass is 140 g/mol. The Morgan fingerprint density at radius 2 is 1.67 bits per heavy atom. The highest BCUT2D eigenvalue weighted by atomic mass is 35.7. The highest BCUT2D eigenvalue weighted by Crippen LogP contribution is 1.67. The lowest BCUT2D eigenvalue weighted by atomic mass is 10.8.